The molecule has 0 saturated heterocycles. The van der Waals surface area contributed by atoms with E-state index >= 15 is 0 Å². The molecule has 0 aromatic heterocycles. The highest BCUT2D eigenvalue weighted by atomic mass is 19.2. The van der Waals surface area contributed by atoms with Crippen LogP contribution in [0.2, 0.25) is 0 Å². The van der Waals surface area contributed by atoms with E-state index in [0.29, 0.717) is 0 Å². The summed E-state index contributed by atoms with van der Waals surface area (Å²) < 4.78 is 37.6. The van der Waals surface area contributed by atoms with E-state index in [1.165, 1.54) is 0 Å². The first kappa shape index (κ1) is 10.3. The number of rotatable bonds is 2. The molecule has 0 atom stereocenters. The van der Waals surface area contributed by atoms with Crippen molar-refractivity contribution in [3.05, 3.63) is 41.2 Å². The Morgan fingerprint density at radius 2 is 1.71 bits per heavy atom. The van der Waals surface area contributed by atoms with Crippen LogP contribution in [0, 0.1) is 17.5 Å². The Morgan fingerprint density at radius 3 is 2.14 bits per heavy atom. The van der Waals surface area contributed by atoms with Crippen LogP contribution in [0.15, 0.2) is 18.2 Å². The lowest BCUT2D eigenvalue weighted by Crippen LogP contribution is -2.05. The SMILES string of the molecule is NC(=O)/C=C\c1cc(F)c(F)c(F)c1. The van der Waals surface area contributed by atoms with Crippen LogP contribution in [0.25, 0.3) is 6.08 Å². The second-order valence-corrected chi connectivity index (χ2v) is 2.53. The summed E-state index contributed by atoms with van der Waals surface area (Å²) in [4.78, 5) is 10.3. The van der Waals surface area contributed by atoms with Crippen LogP contribution in [0.1, 0.15) is 5.56 Å². The van der Waals surface area contributed by atoms with Crippen molar-refractivity contribution in [3.8, 4) is 0 Å². The molecule has 1 aromatic rings. The van der Waals surface area contributed by atoms with Crippen molar-refractivity contribution in [1.82, 2.24) is 0 Å². The maximum atomic E-state index is 12.6. The molecule has 1 aromatic carbocycles. The van der Waals surface area contributed by atoms with E-state index in [0.717, 1.165) is 24.3 Å². The molecule has 0 unspecified atom stereocenters. The standard InChI is InChI=1S/C9H6F3NO/c10-6-3-5(1-2-8(13)14)4-7(11)9(6)12/h1-4H,(H2,13,14)/b2-1-. The number of amides is 1. The summed E-state index contributed by atoms with van der Waals surface area (Å²) in [6, 6.07) is 1.52. The molecule has 0 aliphatic carbocycles. The molecular formula is C9H6F3NO. The average Bonchev–Trinajstić information content (AvgIpc) is 2.10. The Labute approximate surface area is 77.8 Å². The van der Waals surface area contributed by atoms with Gasteiger partial charge in [0.25, 0.3) is 0 Å². The molecule has 1 rings (SSSR count). The summed E-state index contributed by atoms with van der Waals surface area (Å²) >= 11 is 0. The van der Waals surface area contributed by atoms with E-state index in [9.17, 15) is 18.0 Å². The number of benzene rings is 1. The summed E-state index contributed by atoms with van der Waals surface area (Å²) in [5, 5.41) is 0. The molecule has 2 N–H and O–H groups in total. The molecule has 0 heterocycles. The molecular weight excluding hydrogens is 195 g/mol. The van der Waals surface area contributed by atoms with Gasteiger partial charge in [-0.05, 0) is 23.8 Å². The average molecular weight is 201 g/mol. The minimum Gasteiger partial charge on any atom is -0.366 e. The quantitative estimate of drug-likeness (QED) is 0.573. The van der Waals surface area contributed by atoms with Gasteiger partial charge in [-0.1, -0.05) is 0 Å². The number of hydrogen-bond donors (Lipinski definition) is 1. The largest absolute Gasteiger partial charge is 0.366 e. The summed E-state index contributed by atoms with van der Waals surface area (Å²) in [7, 11) is 0. The smallest absolute Gasteiger partial charge is 0.241 e. The van der Waals surface area contributed by atoms with Crippen LogP contribution >= 0.6 is 0 Å². The highest BCUT2D eigenvalue weighted by Gasteiger charge is 2.08. The van der Waals surface area contributed by atoms with Gasteiger partial charge in [0.2, 0.25) is 5.91 Å². The monoisotopic (exact) mass is 201 g/mol. The number of hydrogen-bond acceptors (Lipinski definition) is 1. The van der Waals surface area contributed by atoms with Gasteiger partial charge in [-0.3, -0.25) is 4.79 Å². The fraction of sp³-hybridized carbons (Fsp3) is 0. The molecule has 0 fully saturated rings. The van der Waals surface area contributed by atoms with E-state index in [1.807, 2.05) is 0 Å². The maximum Gasteiger partial charge on any atom is 0.241 e. The summed E-state index contributed by atoms with van der Waals surface area (Å²) in [5.41, 5.74) is 4.79. The lowest BCUT2D eigenvalue weighted by molar-refractivity contribution is -0.113. The Bertz CT molecular complexity index is 378. The molecule has 0 aliphatic rings. The molecule has 0 aliphatic heterocycles. The van der Waals surface area contributed by atoms with Gasteiger partial charge < -0.3 is 5.73 Å². The van der Waals surface area contributed by atoms with Crippen LogP contribution < -0.4 is 5.73 Å². The van der Waals surface area contributed by atoms with Crippen molar-refractivity contribution in [2.24, 2.45) is 5.73 Å². The number of carbonyl (C=O) groups is 1. The third-order valence-corrected chi connectivity index (χ3v) is 1.45. The second kappa shape index (κ2) is 3.95. The Morgan fingerprint density at radius 1 is 1.21 bits per heavy atom. The number of halogens is 3. The van der Waals surface area contributed by atoms with Crippen molar-refractivity contribution in [2.45, 2.75) is 0 Å². The van der Waals surface area contributed by atoms with Crippen molar-refractivity contribution in [2.75, 3.05) is 0 Å². The predicted molar refractivity (Wildman–Crippen MR) is 44.5 cm³/mol. The minimum atomic E-state index is -1.54. The van der Waals surface area contributed by atoms with Gasteiger partial charge in [0.05, 0.1) is 0 Å². The predicted octanol–water partition coefficient (Wildman–Crippen LogP) is 1.60. The number of nitrogens with two attached hydrogens (primary N) is 1. The third-order valence-electron chi connectivity index (χ3n) is 1.45. The molecule has 0 spiro atoms. The number of primary amides is 1. The minimum absolute atomic E-state index is 0.0280. The van der Waals surface area contributed by atoms with E-state index in [-0.39, 0.29) is 5.56 Å². The lowest BCUT2D eigenvalue weighted by Gasteiger charge is -1.97. The normalized spacial score (nSPS) is 10.8. The first-order valence-electron chi connectivity index (χ1n) is 3.63. The molecule has 0 saturated carbocycles. The molecule has 1 amide bonds. The van der Waals surface area contributed by atoms with Crippen molar-refractivity contribution in [3.63, 3.8) is 0 Å². The summed E-state index contributed by atoms with van der Waals surface area (Å²) in [5.74, 6) is -4.92. The van der Waals surface area contributed by atoms with Crippen LogP contribution in [0.3, 0.4) is 0 Å². The van der Waals surface area contributed by atoms with Crippen LogP contribution in [-0.4, -0.2) is 5.91 Å². The van der Waals surface area contributed by atoms with Crippen LogP contribution in [0.5, 0.6) is 0 Å². The highest BCUT2D eigenvalue weighted by Crippen LogP contribution is 2.14. The van der Waals surface area contributed by atoms with Crippen molar-refractivity contribution in [1.29, 1.82) is 0 Å². The Balaban J connectivity index is 3.07. The lowest BCUT2D eigenvalue weighted by atomic mass is 10.2. The zero-order chi connectivity index (χ0) is 10.7. The molecule has 0 bridgehead atoms. The summed E-state index contributed by atoms with van der Waals surface area (Å²) in [6.07, 6.45) is 2.01. The molecule has 74 valence electrons. The molecule has 0 radical (unpaired) electrons. The topological polar surface area (TPSA) is 43.1 Å². The van der Waals surface area contributed by atoms with Gasteiger partial charge in [-0.25, -0.2) is 13.2 Å². The van der Waals surface area contributed by atoms with Gasteiger partial charge in [-0.15, -0.1) is 0 Å². The molecule has 2 nitrogen and oxygen atoms in total. The van der Waals surface area contributed by atoms with Gasteiger partial charge >= 0.3 is 0 Å². The van der Waals surface area contributed by atoms with Crippen molar-refractivity contribution < 1.29 is 18.0 Å². The Kier molecular flexibility index (Phi) is 2.91. The second-order valence-electron chi connectivity index (χ2n) is 2.53. The van der Waals surface area contributed by atoms with Crippen LogP contribution in [-0.2, 0) is 4.79 Å². The van der Waals surface area contributed by atoms with Crippen LogP contribution in [0.4, 0.5) is 13.2 Å². The van der Waals surface area contributed by atoms with E-state index < -0.39 is 23.4 Å². The number of carbonyl (C=O) groups excluding carboxylic acids is 1. The third kappa shape index (κ3) is 2.35. The maximum absolute atomic E-state index is 12.6. The van der Waals surface area contributed by atoms with E-state index in [1.54, 1.807) is 0 Å². The zero-order valence-electron chi connectivity index (χ0n) is 6.93. The van der Waals surface area contributed by atoms with E-state index in [2.05, 4.69) is 0 Å². The van der Waals surface area contributed by atoms with Crippen molar-refractivity contribution >= 4 is 12.0 Å². The molecule has 5 heteroatoms. The fourth-order valence-corrected chi connectivity index (χ4v) is 0.850. The van der Waals surface area contributed by atoms with Gasteiger partial charge in [0.1, 0.15) is 0 Å². The highest BCUT2D eigenvalue weighted by molar-refractivity contribution is 5.90. The summed E-state index contributed by atoms with van der Waals surface area (Å²) in [6.45, 7) is 0. The first-order chi connectivity index (χ1) is 6.50. The van der Waals surface area contributed by atoms with Gasteiger partial charge in [0.15, 0.2) is 17.5 Å². The zero-order valence-corrected chi connectivity index (χ0v) is 6.93. The fourth-order valence-electron chi connectivity index (χ4n) is 0.850. The van der Waals surface area contributed by atoms with Gasteiger partial charge in [0, 0.05) is 6.08 Å². The van der Waals surface area contributed by atoms with E-state index in [4.69, 9.17) is 5.73 Å². The molecule has 14 heavy (non-hydrogen) atoms. The Hall–Kier alpha value is -1.78. The van der Waals surface area contributed by atoms with Gasteiger partial charge in [-0.2, -0.15) is 0 Å². The first-order valence-corrected chi connectivity index (χ1v) is 3.63.